The molecular formula is C22H27N3O5S. The first-order chi connectivity index (χ1) is 15.0. The van der Waals surface area contributed by atoms with Crippen LogP contribution in [0.15, 0.2) is 65.8 Å². The van der Waals surface area contributed by atoms with E-state index in [0.717, 1.165) is 11.1 Å². The smallest absolute Gasteiger partial charge is 0.262 e. The largest absolute Gasteiger partial charge is 0.497 e. The molecule has 9 heteroatoms. The molecule has 0 aliphatic carbocycles. The summed E-state index contributed by atoms with van der Waals surface area (Å²) < 4.78 is 45.3. The number of rotatable bonds is 11. The van der Waals surface area contributed by atoms with Gasteiger partial charge in [0.05, 0.1) is 27.4 Å². The van der Waals surface area contributed by atoms with Gasteiger partial charge in [-0.2, -0.15) is 9.40 Å². The second kappa shape index (κ2) is 10.4. The summed E-state index contributed by atoms with van der Waals surface area (Å²) >= 11 is 0. The van der Waals surface area contributed by atoms with Crippen LogP contribution in [0.2, 0.25) is 0 Å². The van der Waals surface area contributed by atoms with Crippen LogP contribution in [0.1, 0.15) is 11.1 Å². The number of sulfonamides is 1. The van der Waals surface area contributed by atoms with E-state index in [0.29, 0.717) is 24.7 Å². The molecule has 0 aliphatic heterocycles. The van der Waals surface area contributed by atoms with Crippen LogP contribution in [-0.4, -0.2) is 50.4 Å². The molecule has 0 saturated heterocycles. The van der Waals surface area contributed by atoms with Gasteiger partial charge in [0.1, 0.15) is 11.5 Å². The Kier molecular flexibility index (Phi) is 7.67. The Morgan fingerprint density at radius 2 is 1.35 bits per heavy atom. The summed E-state index contributed by atoms with van der Waals surface area (Å²) in [7, 11) is 0.940. The standard InChI is InChI=1S/C22H27N3O5S/c1-28-15-14-24-13-12-22(23-24)31(26,27)25(16-18-4-8-20(29-2)9-5-18)17-19-6-10-21(30-3)11-7-19/h4-13H,14-17H2,1-3H3. The second-order valence-electron chi connectivity index (χ2n) is 6.88. The van der Waals surface area contributed by atoms with E-state index in [1.54, 1.807) is 32.2 Å². The summed E-state index contributed by atoms with van der Waals surface area (Å²) in [6.45, 7) is 1.32. The number of methoxy groups -OCH3 is 3. The zero-order valence-electron chi connectivity index (χ0n) is 17.9. The summed E-state index contributed by atoms with van der Waals surface area (Å²) in [5.41, 5.74) is 1.69. The van der Waals surface area contributed by atoms with Crippen LogP contribution in [0, 0.1) is 0 Å². The maximum atomic E-state index is 13.4. The quantitative estimate of drug-likeness (QED) is 0.451. The average Bonchev–Trinajstić information content (AvgIpc) is 3.28. The third-order valence-electron chi connectivity index (χ3n) is 4.78. The van der Waals surface area contributed by atoms with Crippen molar-refractivity contribution in [2.24, 2.45) is 0 Å². The van der Waals surface area contributed by atoms with Crippen LogP contribution in [0.4, 0.5) is 0 Å². The van der Waals surface area contributed by atoms with Gasteiger partial charge in [-0.25, -0.2) is 8.42 Å². The van der Waals surface area contributed by atoms with Crippen LogP contribution in [0.25, 0.3) is 0 Å². The van der Waals surface area contributed by atoms with Crippen LogP contribution in [0.3, 0.4) is 0 Å². The van der Waals surface area contributed by atoms with Gasteiger partial charge >= 0.3 is 0 Å². The van der Waals surface area contributed by atoms with Crippen molar-refractivity contribution in [3.05, 3.63) is 71.9 Å². The summed E-state index contributed by atoms with van der Waals surface area (Å²) in [5, 5.41) is 4.25. The van der Waals surface area contributed by atoms with Gasteiger partial charge < -0.3 is 14.2 Å². The van der Waals surface area contributed by atoms with E-state index in [9.17, 15) is 8.42 Å². The maximum Gasteiger partial charge on any atom is 0.262 e. The molecule has 0 unspecified atom stereocenters. The van der Waals surface area contributed by atoms with E-state index in [-0.39, 0.29) is 18.1 Å². The fourth-order valence-electron chi connectivity index (χ4n) is 3.02. The molecule has 166 valence electrons. The molecule has 0 aliphatic rings. The Bertz CT molecular complexity index is 1010. The van der Waals surface area contributed by atoms with Crippen molar-refractivity contribution in [3.63, 3.8) is 0 Å². The second-order valence-corrected chi connectivity index (χ2v) is 8.76. The highest BCUT2D eigenvalue weighted by Gasteiger charge is 2.27. The van der Waals surface area contributed by atoms with Crippen LogP contribution in [0.5, 0.6) is 11.5 Å². The Morgan fingerprint density at radius 3 is 1.81 bits per heavy atom. The number of hydrogen-bond acceptors (Lipinski definition) is 6. The third-order valence-corrected chi connectivity index (χ3v) is 6.47. The zero-order chi connectivity index (χ0) is 22.3. The fraction of sp³-hybridized carbons (Fsp3) is 0.318. The van der Waals surface area contributed by atoms with Crippen molar-refractivity contribution in [2.75, 3.05) is 27.9 Å². The van der Waals surface area contributed by atoms with Gasteiger partial charge in [-0.1, -0.05) is 24.3 Å². The Labute approximate surface area is 183 Å². The molecule has 8 nitrogen and oxygen atoms in total. The molecule has 3 aromatic rings. The lowest BCUT2D eigenvalue weighted by molar-refractivity contribution is 0.183. The molecule has 31 heavy (non-hydrogen) atoms. The van der Waals surface area contributed by atoms with Crippen molar-refractivity contribution in [2.45, 2.75) is 24.7 Å². The highest BCUT2D eigenvalue weighted by atomic mass is 32.2. The molecule has 0 fully saturated rings. The lowest BCUT2D eigenvalue weighted by atomic mass is 10.2. The number of benzene rings is 2. The SMILES string of the molecule is COCCn1ccc(S(=O)(=O)N(Cc2ccc(OC)cc2)Cc2ccc(OC)cc2)n1. The van der Waals surface area contributed by atoms with Crippen LogP contribution in [-0.2, 0) is 34.4 Å². The molecule has 3 rings (SSSR count). The molecule has 1 heterocycles. The Morgan fingerprint density at radius 1 is 0.839 bits per heavy atom. The molecular weight excluding hydrogens is 418 g/mol. The minimum atomic E-state index is -3.83. The highest BCUT2D eigenvalue weighted by Crippen LogP contribution is 2.22. The van der Waals surface area contributed by atoms with Crippen LogP contribution >= 0.6 is 0 Å². The summed E-state index contributed by atoms with van der Waals surface area (Å²) in [6, 6.07) is 16.2. The van der Waals surface area contributed by atoms with Crippen molar-refractivity contribution in [3.8, 4) is 11.5 Å². The Balaban J connectivity index is 1.89. The van der Waals surface area contributed by atoms with Crippen molar-refractivity contribution < 1.29 is 22.6 Å². The number of aromatic nitrogens is 2. The summed E-state index contributed by atoms with van der Waals surface area (Å²) in [4.78, 5) is 0. The van der Waals surface area contributed by atoms with Crippen LogP contribution < -0.4 is 9.47 Å². The first-order valence-electron chi connectivity index (χ1n) is 9.74. The monoisotopic (exact) mass is 445 g/mol. The first kappa shape index (κ1) is 22.8. The molecule has 0 spiro atoms. The molecule has 1 aromatic heterocycles. The fourth-order valence-corrected chi connectivity index (χ4v) is 4.36. The predicted octanol–water partition coefficient (Wildman–Crippen LogP) is 2.94. The Hall–Kier alpha value is -2.88. The summed E-state index contributed by atoms with van der Waals surface area (Å²) in [6.07, 6.45) is 1.64. The lowest BCUT2D eigenvalue weighted by Crippen LogP contribution is -2.30. The predicted molar refractivity (Wildman–Crippen MR) is 117 cm³/mol. The molecule has 0 saturated carbocycles. The van der Waals surface area contributed by atoms with Gasteiger partial charge in [0.15, 0.2) is 5.03 Å². The molecule has 0 amide bonds. The maximum absolute atomic E-state index is 13.4. The molecule has 0 N–H and O–H groups in total. The minimum absolute atomic E-state index is 0.00521. The molecule has 0 bridgehead atoms. The van der Waals surface area contributed by atoms with Gasteiger partial charge in [-0.15, -0.1) is 0 Å². The summed E-state index contributed by atoms with van der Waals surface area (Å²) in [5.74, 6) is 1.43. The van der Waals surface area contributed by atoms with Gasteiger partial charge in [0.25, 0.3) is 10.0 Å². The third kappa shape index (κ3) is 5.84. The van der Waals surface area contributed by atoms with Gasteiger partial charge in [0, 0.05) is 26.4 Å². The van der Waals surface area contributed by atoms with Gasteiger partial charge in [0.2, 0.25) is 0 Å². The zero-order valence-corrected chi connectivity index (χ0v) is 18.7. The van der Waals surface area contributed by atoms with E-state index in [1.807, 2.05) is 48.5 Å². The number of hydrogen-bond donors (Lipinski definition) is 0. The van der Waals surface area contributed by atoms with E-state index < -0.39 is 10.0 Å². The van der Waals surface area contributed by atoms with Gasteiger partial charge in [-0.3, -0.25) is 4.68 Å². The highest BCUT2D eigenvalue weighted by molar-refractivity contribution is 7.89. The van der Waals surface area contributed by atoms with E-state index in [1.165, 1.54) is 10.4 Å². The minimum Gasteiger partial charge on any atom is -0.497 e. The molecule has 0 radical (unpaired) electrons. The number of ether oxygens (including phenoxy) is 3. The molecule has 2 aromatic carbocycles. The van der Waals surface area contributed by atoms with Crippen molar-refractivity contribution in [1.82, 2.24) is 14.1 Å². The number of nitrogens with zero attached hydrogens (tertiary/aromatic N) is 3. The van der Waals surface area contributed by atoms with E-state index in [2.05, 4.69) is 5.10 Å². The lowest BCUT2D eigenvalue weighted by Gasteiger charge is -2.21. The topological polar surface area (TPSA) is 82.9 Å². The first-order valence-corrected chi connectivity index (χ1v) is 11.2. The van der Waals surface area contributed by atoms with Gasteiger partial charge in [-0.05, 0) is 41.5 Å². The normalized spacial score (nSPS) is 11.6. The van der Waals surface area contributed by atoms with E-state index >= 15 is 0 Å². The molecule has 0 atom stereocenters. The average molecular weight is 446 g/mol. The van der Waals surface area contributed by atoms with Crippen molar-refractivity contribution >= 4 is 10.0 Å². The van der Waals surface area contributed by atoms with Crippen molar-refractivity contribution in [1.29, 1.82) is 0 Å². The van der Waals surface area contributed by atoms with E-state index in [4.69, 9.17) is 14.2 Å².